The third kappa shape index (κ3) is 2.55. The van der Waals surface area contributed by atoms with Gasteiger partial charge in [-0.15, -0.1) is 0 Å². The molecule has 0 atom stereocenters. The van der Waals surface area contributed by atoms with Crippen LogP contribution in [0.5, 0.6) is 0 Å². The van der Waals surface area contributed by atoms with E-state index in [1.54, 1.807) is 48.5 Å². The van der Waals surface area contributed by atoms with E-state index >= 15 is 0 Å². The molecule has 18 heavy (non-hydrogen) atoms. The van der Waals surface area contributed by atoms with E-state index in [0.29, 0.717) is 22.1 Å². The monoisotopic (exact) mass is 261 g/mol. The third-order valence-corrected chi connectivity index (χ3v) is 2.71. The van der Waals surface area contributed by atoms with Gasteiger partial charge in [-0.1, -0.05) is 11.6 Å². The van der Waals surface area contributed by atoms with Gasteiger partial charge >= 0.3 is 6.03 Å². The van der Waals surface area contributed by atoms with Gasteiger partial charge in [0, 0.05) is 10.7 Å². The minimum atomic E-state index is -0.568. The van der Waals surface area contributed by atoms with Crippen LogP contribution in [0.15, 0.2) is 48.5 Å². The summed E-state index contributed by atoms with van der Waals surface area (Å²) in [6.45, 7) is 0. The molecule has 0 spiro atoms. The number of rotatable bonds is 2. The molecule has 5 heteroatoms. The first-order valence-electron chi connectivity index (χ1n) is 5.28. The second kappa shape index (κ2) is 4.98. The van der Waals surface area contributed by atoms with Crippen molar-refractivity contribution in [1.29, 1.82) is 0 Å². The molecular weight excluding hydrogens is 250 g/mol. The first-order valence-corrected chi connectivity index (χ1v) is 5.66. The van der Waals surface area contributed by atoms with E-state index in [0.717, 1.165) is 0 Å². The lowest BCUT2D eigenvalue weighted by Crippen LogP contribution is -2.31. The number of amides is 2. The quantitative estimate of drug-likeness (QED) is 0.815. The van der Waals surface area contributed by atoms with Gasteiger partial charge in [0.15, 0.2) is 0 Å². The summed E-state index contributed by atoms with van der Waals surface area (Å²) in [7, 11) is 0. The Morgan fingerprint density at radius 1 is 0.944 bits per heavy atom. The number of halogens is 1. The van der Waals surface area contributed by atoms with Gasteiger partial charge in [0.25, 0.3) is 0 Å². The third-order valence-electron chi connectivity index (χ3n) is 2.46. The van der Waals surface area contributed by atoms with Crippen LogP contribution in [0, 0.1) is 0 Å². The number of benzene rings is 2. The van der Waals surface area contributed by atoms with Gasteiger partial charge in [-0.05, 0) is 48.5 Å². The maximum absolute atomic E-state index is 11.6. The number of hydrogen-bond donors (Lipinski definition) is 2. The molecule has 2 amide bonds. The molecular formula is C13H12ClN3O. The van der Waals surface area contributed by atoms with Gasteiger partial charge in [-0.25, -0.2) is 4.79 Å². The van der Waals surface area contributed by atoms with Crippen LogP contribution in [0.3, 0.4) is 0 Å². The average Bonchev–Trinajstić information content (AvgIpc) is 2.34. The van der Waals surface area contributed by atoms with Gasteiger partial charge in [0.1, 0.15) is 0 Å². The minimum Gasteiger partial charge on any atom is -0.399 e. The standard InChI is InChI=1S/C13H12ClN3O/c14-9-1-5-11(6-2-9)17(13(16)18)12-7-3-10(15)4-8-12/h1-8H,15H2,(H2,16,18). The van der Waals surface area contributed by atoms with Gasteiger partial charge < -0.3 is 11.5 Å². The Bertz CT molecular complexity index is 506. The lowest BCUT2D eigenvalue weighted by Gasteiger charge is -2.20. The molecule has 0 saturated carbocycles. The highest BCUT2D eigenvalue weighted by molar-refractivity contribution is 6.30. The Labute approximate surface area is 110 Å². The number of primary amides is 1. The van der Waals surface area contributed by atoms with Crippen LogP contribution in [-0.4, -0.2) is 6.03 Å². The highest BCUT2D eigenvalue weighted by Crippen LogP contribution is 2.26. The Kier molecular flexibility index (Phi) is 3.39. The molecule has 0 heterocycles. The summed E-state index contributed by atoms with van der Waals surface area (Å²) in [5, 5.41) is 0.598. The zero-order valence-corrected chi connectivity index (χ0v) is 10.3. The van der Waals surface area contributed by atoms with Gasteiger partial charge in [0.2, 0.25) is 0 Å². The van der Waals surface area contributed by atoms with Gasteiger partial charge in [-0.2, -0.15) is 0 Å². The van der Waals surface area contributed by atoms with Crippen LogP contribution in [0.4, 0.5) is 21.9 Å². The van der Waals surface area contributed by atoms with Crippen LogP contribution >= 0.6 is 11.6 Å². The van der Waals surface area contributed by atoms with Crippen LogP contribution in [-0.2, 0) is 0 Å². The largest absolute Gasteiger partial charge is 0.399 e. The maximum Gasteiger partial charge on any atom is 0.323 e. The predicted molar refractivity (Wildman–Crippen MR) is 74.0 cm³/mol. The number of hydrogen-bond acceptors (Lipinski definition) is 2. The number of nitrogens with two attached hydrogens (primary N) is 2. The predicted octanol–water partition coefficient (Wildman–Crippen LogP) is 3.14. The van der Waals surface area contributed by atoms with Crippen LogP contribution in [0.1, 0.15) is 0 Å². The number of carbonyl (C=O) groups is 1. The SMILES string of the molecule is NC(=O)N(c1ccc(N)cc1)c1ccc(Cl)cc1. The molecule has 0 aliphatic rings. The summed E-state index contributed by atoms with van der Waals surface area (Å²) in [6.07, 6.45) is 0. The van der Waals surface area contributed by atoms with E-state index in [1.165, 1.54) is 4.90 Å². The van der Waals surface area contributed by atoms with Crippen molar-refractivity contribution in [3.63, 3.8) is 0 Å². The molecule has 0 aliphatic carbocycles. The topological polar surface area (TPSA) is 72.4 Å². The molecule has 2 aromatic carbocycles. The lowest BCUT2D eigenvalue weighted by atomic mass is 10.2. The zero-order chi connectivity index (χ0) is 13.1. The van der Waals surface area contributed by atoms with Gasteiger partial charge in [-0.3, -0.25) is 4.90 Å². The molecule has 0 unspecified atom stereocenters. The number of nitrogen functional groups attached to an aromatic ring is 1. The molecule has 92 valence electrons. The Hall–Kier alpha value is -2.20. The first-order chi connectivity index (χ1) is 8.58. The van der Waals surface area contributed by atoms with Crippen LogP contribution in [0.25, 0.3) is 0 Å². The van der Waals surface area contributed by atoms with Crippen molar-refractivity contribution < 1.29 is 4.79 Å². The van der Waals surface area contributed by atoms with Crippen molar-refractivity contribution in [2.24, 2.45) is 5.73 Å². The number of anilines is 3. The highest BCUT2D eigenvalue weighted by Gasteiger charge is 2.14. The molecule has 4 nitrogen and oxygen atoms in total. The van der Waals surface area contributed by atoms with Crippen molar-refractivity contribution >= 4 is 34.7 Å². The summed E-state index contributed by atoms with van der Waals surface area (Å²) >= 11 is 5.81. The fourth-order valence-corrected chi connectivity index (χ4v) is 1.74. The second-order valence-corrected chi connectivity index (χ2v) is 4.18. The molecule has 0 bridgehead atoms. The Morgan fingerprint density at radius 2 is 1.39 bits per heavy atom. The first kappa shape index (κ1) is 12.3. The summed E-state index contributed by atoms with van der Waals surface area (Å²) in [5.74, 6) is 0. The van der Waals surface area contributed by atoms with E-state index < -0.39 is 6.03 Å². The average molecular weight is 262 g/mol. The second-order valence-electron chi connectivity index (χ2n) is 3.74. The molecule has 0 radical (unpaired) electrons. The minimum absolute atomic E-state index is 0.568. The molecule has 2 aromatic rings. The smallest absolute Gasteiger partial charge is 0.323 e. The number of nitrogens with zero attached hydrogens (tertiary/aromatic N) is 1. The summed E-state index contributed by atoms with van der Waals surface area (Å²) in [6, 6.07) is 13.2. The fraction of sp³-hybridized carbons (Fsp3) is 0. The van der Waals surface area contributed by atoms with E-state index in [4.69, 9.17) is 23.1 Å². The van der Waals surface area contributed by atoms with E-state index in [9.17, 15) is 4.79 Å². The van der Waals surface area contributed by atoms with Crippen LogP contribution in [0.2, 0.25) is 5.02 Å². The molecule has 0 aliphatic heterocycles. The fourth-order valence-electron chi connectivity index (χ4n) is 1.62. The zero-order valence-electron chi connectivity index (χ0n) is 9.51. The van der Waals surface area contributed by atoms with Crippen LogP contribution < -0.4 is 16.4 Å². The Balaban J connectivity index is 2.43. The Morgan fingerprint density at radius 3 is 1.83 bits per heavy atom. The van der Waals surface area contributed by atoms with E-state index in [2.05, 4.69) is 0 Å². The maximum atomic E-state index is 11.6. The van der Waals surface area contributed by atoms with Crippen molar-refractivity contribution in [3.8, 4) is 0 Å². The van der Waals surface area contributed by atoms with Crippen molar-refractivity contribution in [2.45, 2.75) is 0 Å². The molecule has 4 N–H and O–H groups in total. The highest BCUT2D eigenvalue weighted by atomic mass is 35.5. The lowest BCUT2D eigenvalue weighted by molar-refractivity contribution is 0.256. The molecule has 2 rings (SSSR count). The summed E-state index contributed by atoms with van der Waals surface area (Å²) in [5.41, 5.74) is 12.9. The summed E-state index contributed by atoms with van der Waals surface area (Å²) in [4.78, 5) is 12.9. The molecule has 0 saturated heterocycles. The summed E-state index contributed by atoms with van der Waals surface area (Å²) < 4.78 is 0. The van der Waals surface area contributed by atoms with E-state index in [1.807, 2.05) is 0 Å². The molecule has 0 aromatic heterocycles. The molecule has 0 fully saturated rings. The van der Waals surface area contributed by atoms with Crippen molar-refractivity contribution in [3.05, 3.63) is 53.6 Å². The number of urea groups is 1. The van der Waals surface area contributed by atoms with Gasteiger partial charge in [0.05, 0.1) is 11.4 Å². The van der Waals surface area contributed by atoms with E-state index in [-0.39, 0.29) is 0 Å². The number of carbonyl (C=O) groups excluding carboxylic acids is 1. The normalized spacial score (nSPS) is 10.1. The van der Waals surface area contributed by atoms with Crippen molar-refractivity contribution in [2.75, 3.05) is 10.6 Å². The van der Waals surface area contributed by atoms with Crippen molar-refractivity contribution in [1.82, 2.24) is 0 Å².